The number of aliphatic hydroxyl groups excluding tert-OH is 1. The maximum absolute atomic E-state index is 11.8. The van der Waals surface area contributed by atoms with Gasteiger partial charge in [-0.2, -0.15) is 0 Å². The fraction of sp³-hybridized carbons (Fsp3) is 0.933. The van der Waals surface area contributed by atoms with Crippen LogP contribution in [0.3, 0.4) is 0 Å². The lowest BCUT2D eigenvalue weighted by Crippen LogP contribution is -2.25. The Morgan fingerprint density at radius 3 is 1.03 bits per heavy atom. The molecule has 0 bridgehead atoms. The number of rotatable bonds is 27. The van der Waals surface area contributed by atoms with Gasteiger partial charge in [0, 0.05) is 12.8 Å². The molecule has 35 heavy (non-hydrogen) atoms. The van der Waals surface area contributed by atoms with Crippen molar-refractivity contribution in [1.29, 1.82) is 0 Å². The zero-order chi connectivity index (χ0) is 25.8. The summed E-state index contributed by atoms with van der Waals surface area (Å²) in [6.45, 7) is 4.24. The van der Waals surface area contributed by atoms with Crippen molar-refractivity contribution >= 4 is 11.9 Å². The normalized spacial score (nSPS) is 12.0. The predicted octanol–water partition coefficient (Wildman–Crippen LogP) is 8.45. The zero-order valence-electron chi connectivity index (χ0n) is 23.3. The van der Waals surface area contributed by atoms with Crippen LogP contribution in [0.1, 0.15) is 162 Å². The Bertz CT molecular complexity index is 466. The number of ether oxygens (including phenoxy) is 2. The first-order chi connectivity index (χ1) is 17.1. The Kier molecular flexibility index (Phi) is 26.6. The van der Waals surface area contributed by atoms with Crippen molar-refractivity contribution in [2.75, 3.05) is 13.2 Å². The molecular formula is C30H58O5. The highest BCUT2D eigenvalue weighted by Gasteiger charge is 2.12. The zero-order valence-corrected chi connectivity index (χ0v) is 23.3. The van der Waals surface area contributed by atoms with E-state index in [2.05, 4.69) is 13.8 Å². The van der Waals surface area contributed by atoms with Gasteiger partial charge in [0.05, 0.1) is 0 Å². The molecule has 5 heteroatoms. The molecule has 0 fully saturated rings. The summed E-state index contributed by atoms with van der Waals surface area (Å²) in [5, 5.41) is 9.88. The quantitative estimate of drug-likeness (QED) is 0.0908. The minimum absolute atomic E-state index is 0.109. The van der Waals surface area contributed by atoms with Crippen LogP contribution in [-0.2, 0) is 19.1 Å². The van der Waals surface area contributed by atoms with Gasteiger partial charge in [0.25, 0.3) is 0 Å². The van der Waals surface area contributed by atoms with E-state index in [-0.39, 0.29) is 25.2 Å². The van der Waals surface area contributed by atoms with Gasteiger partial charge < -0.3 is 14.6 Å². The molecule has 0 aromatic rings. The van der Waals surface area contributed by atoms with Gasteiger partial charge in [0.2, 0.25) is 0 Å². The Balaban J connectivity index is 3.40. The molecule has 0 radical (unpaired) electrons. The summed E-state index contributed by atoms with van der Waals surface area (Å²) in [4.78, 5) is 23.6. The molecule has 5 nitrogen and oxygen atoms in total. The molecule has 0 unspecified atom stereocenters. The first-order valence-corrected chi connectivity index (χ1v) is 15.1. The highest BCUT2D eigenvalue weighted by molar-refractivity contribution is 5.69. The average molecular weight is 499 g/mol. The molecule has 0 aliphatic rings. The van der Waals surface area contributed by atoms with Crippen LogP contribution in [0.2, 0.25) is 0 Å². The molecule has 208 valence electrons. The largest absolute Gasteiger partial charge is 0.463 e. The van der Waals surface area contributed by atoms with Gasteiger partial charge >= 0.3 is 11.9 Å². The second-order valence-corrected chi connectivity index (χ2v) is 10.2. The monoisotopic (exact) mass is 498 g/mol. The van der Waals surface area contributed by atoms with E-state index in [0.29, 0.717) is 12.8 Å². The van der Waals surface area contributed by atoms with Crippen molar-refractivity contribution in [1.82, 2.24) is 0 Å². The number of hydrogen-bond acceptors (Lipinski definition) is 5. The third-order valence-electron chi connectivity index (χ3n) is 6.59. The third kappa shape index (κ3) is 27.3. The molecule has 0 heterocycles. The molecule has 0 rings (SSSR count). The number of carbonyl (C=O) groups excluding carboxylic acids is 2. The molecule has 0 saturated carbocycles. The van der Waals surface area contributed by atoms with E-state index in [4.69, 9.17) is 9.47 Å². The van der Waals surface area contributed by atoms with E-state index in [9.17, 15) is 14.7 Å². The number of unbranched alkanes of at least 4 members (excludes halogenated alkanes) is 19. The molecule has 0 aromatic heterocycles. The highest BCUT2D eigenvalue weighted by atomic mass is 16.6. The van der Waals surface area contributed by atoms with Crippen LogP contribution >= 0.6 is 0 Å². The lowest BCUT2D eigenvalue weighted by Gasteiger charge is -2.12. The molecule has 0 amide bonds. The number of aliphatic hydroxyl groups is 1. The Labute approximate surface area is 217 Å². The van der Waals surface area contributed by atoms with Crippen LogP contribution in [0, 0.1) is 0 Å². The maximum atomic E-state index is 11.8. The second-order valence-electron chi connectivity index (χ2n) is 10.2. The molecule has 1 atom stereocenters. The summed E-state index contributed by atoms with van der Waals surface area (Å²) in [5.41, 5.74) is 0. The van der Waals surface area contributed by atoms with E-state index in [1.807, 2.05) is 0 Å². The molecular weight excluding hydrogens is 440 g/mol. The highest BCUT2D eigenvalue weighted by Crippen LogP contribution is 2.13. The molecule has 0 aliphatic carbocycles. The van der Waals surface area contributed by atoms with Crippen LogP contribution < -0.4 is 0 Å². The van der Waals surface area contributed by atoms with E-state index < -0.39 is 6.10 Å². The first kappa shape index (κ1) is 33.9. The van der Waals surface area contributed by atoms with Gasteiger partial charge in [-0.1, -0.05) is 136 Å². The van der Waals surface area contributed by atoms with Crippen molar-refractivity contribution in [2.24, 2.45) is 0 Å². The number of hydrogen-bond donors (Lipinski definition) is 1. The number of carbonyl (C=O) groups is 2. The van der Waals surface area contributed by atoms with Gasteiger partial charge in [-0.25, -0.2) is 0 Å². The number of esters is 2. The van der Waals surface area contributed by atoms with E-state index >= 15 is 0 Å². The van der Waals surface area contributed by atoms with E-state index in [0.717, 1.165) is 32.1 Å². The van der Waals surface area contributed by atoms with Crippen LogP contribution in [0.5, 0.6) is 0 Å². The lowest BCUT2D eigenvalue weighted by molar-refractivity contribution is -0.152. The van der Waals surface area contributed by atoms with Crippen LogP contribution in [-0.4, -0.2) is 36.4 Å². The van der Waals surface area contributed by atoms with Crippen LogP contribution in [0.15, 0.2) is 0 Å². The van der Waals surface area contributed by atoms with Crippen molar-refractivity contribution in [3.63, 3.8) is 0 Å². The average Bonchev–Trinajstić information content (AvgIpc) is 2.85. The maximum Gasteiger partial charge on any atom is 0.305 e. The van der Waals surface area contributed by atoms with Gasteiger partial charge in [-0.15, -0.1) is 0 Å². The summed E-state index contributed by atoms with van der Waals surface area (Å²) in [6, 6.07) is 0. The summed E-state index contributed by atoms with van der Waals surface area (Å²) >= 11 is 0. The third-order valence-corrected chi connectivity index (χ3v) is 6.59. The summed E-state index contributed by atoms with van der Waals surface area (Å²) < 4.78 is 10.2. The topological polar surface area (TPSA) is 72.8 Å². The smallest absolute Gasteiger partial charge is 0.305 e. The van der Waals surface area contributed by atoms with E-state index in [1.165, 1.54) is 103 Å². The lowest BCUT2D eigenvalue weighted by atomic mass is 10.0. The summed E-state index contributed by atoms with van der Waals surface area (Å²) in [7, 11) is 0. The van der Waals surface area contributed by atoms with Crippen LogP contribution in [0.4, 0.5) is 0 Å². The van der Waals surface area contributed by atoms with Crippen molar-refractivity contribution in [3.8, 4) is 0 Å². The van der Waals surface area contributed by atoms with Crippen molar-refractivity contribution in [2.45, 2.75) is 168 Å². The van der Waals surface area contributed by atoms with Crippen molar-refractivity contribution in [3.05, 3.63) is 0 Å². The minimum atomic E-state index is -0.951. The van der Waals surface area contributed by atoms with E-state index in [1.54, 1.807) is 0 Å². The minimum Gasteiger partial charge on any atom is -0.463 e. The predicted molar refractivity (Wildman–Crippen MR) is 145 cm³/mol. The van der Waals surface area contributed by atoms with Crippen LogP contribution in [0.25, 0.3) is 0 Å². The second kappa shape index (κ2) is 27.5. The van der Waals surface area contributed by atoms with Gasteiger partial charge in [0.1, 0.15) is 19.3 Å². The molecule has 0 spiro atoms. The molecule has 0 aliphatic heterocycles. The van der Waals surface area contributed by atoms with Gasteiger partial charge in [-0.05, 0) is 12.8 Å². The standard InChI is InChI=1S/C30H58O5/c1-3-5-7-9-11-12-13-14-15-16-17-19-21-23-25-30(33)35-27-28(31)26-34-29(32)24-22-20-18-10-8-6-4-2/h28,31H,3-27H2,1-2H3/t28-/m0/s1. The summed E-state index contributed by atoms with van der Waals surface area (Å²) in [5.74, 6) is -0.566. The molecule has 1 N–H and O–H groups in total. The van der Waals surface area contributed by atoms with Crippen molar-refractivity contribution < 1.29 is 24.2 Å². The SMILES string of the molecule is CCCCCCCCCCCCCCCCC(=O)OC[C@@H](O)COC(=O)CCCCCCCCC. The summed E-state index contributed by atoms with van der Waals surface area (Å²) in [6.07, 6.45) is 25.8. The fourth-order valence-electron chi connectivity index (χ4n) is 4.26. The van der Waals surface area contributed by atoms with Gasteiger partial charge in [0.15, 0.2) is 0 Å². The molecule has 0 saturated heterocycles. The fourth-order valence-corrected chi connectivity index (χ4v) is 4.26. The van der Waals surface area contributed by atoms with Gasteiger partial charge in [-0.3, -0.25) is 9.59 Å². The Morgan fingerprint density at radius 1 is 0.486 bits per heavy atom. The Hall–Kier alpha value is -1.10. The first-order valence-electron chi connectivity index (χ1n) is 15.1. The Morgan fingerprint density at radius 2 is 0.743 bits per heavy atom. The molecule has 0 aromatic carbocycles.